The highest BCUT2D eigenvalue weighted by atomic mass is 32.1. The largest absolute Gasteiger partial charge is 0.508 e. The van der Waals surface area contributed by atoms with Gasteiger partial charge in [-0.15, -0.1) is 11.3 Å². The summed E-state index contributed by atoms with van der Waals surface area (Å²) in [6, 6.07) is 12.9. The number of piperazine rings is 1. The molecule has 18 heteroatoms. The molecule has 2 amide bonds. The number of amides is 2. The smallest absolute Gasteiger partial charge is 0.258 e. The number of ether oxygens (including phenoxy) is 1. The van der Waals surface area contributed by atoms with Gasteiger partial charge in [-0.25, -0.2) is 19.9 Å². The number of nitrogen functional groups attached to an aromatic ring is 1. The first-order chi connectivity index (χ1) is 35.0. The molecule has 5 fully saturated rings. The van der Waals surface area contributed by atoms with E-state index in [0.29, 0.717) is 55.7 Å². The Morgan fingerprint density at radius 2 is 1.36 bits per heavy atom. The zero-order chi connectivity index (χ0) is 49.5. The van der Waals surface area contributed by atoms with E-state index < -0.39 is 0 Å². The van der Waals surface area contributed by atoms with Gasteiger partial charge >= 0.3 is 0 Å². The van der Waals surface area contributed by atoms with Crippen LogP contribution in [-0.2, 0) is 35.7 Å². The minimum atomic E-state index is -0.213. The van der Waals surface area contributed by atoms with Gasteiger partial charge in [-0.1, -0.05) is 32.0 Å². The van der Waals surface area contributed by atoms with E-state index >= 15 is 0 Å². The molecule has 11 rings (SSSR count). The molecule has 0 saturated carbocycles. The molecule has 0 bridgehead atoms. The summed E-state index contributed by atoms with van der Waals surface area (Å²) in [4.78, 5) is 63.8. The van der Waals surface area contributed by atoms with Crippen molar-refractivity contribution >= 4 is 45.1 Å². The molecule has 6 aliphatic rings. The van der Waals surface area contributed by atoms with Crippen molar-refractivity contribution in [2.45, 2.75) is 96.6 Å². The van der Waals surface area contributed by atoms with Crippen molar-refractivity contribution in [2.24, 2.45) is 5.92 Å². The highest BCUT2D eigenvalue weighted by Crippen LogP contribution is 2.37. The van der Waals surface area contributed by atoms with E-state index in [9.17, 15) is 19.8 Å². The number of carbonyl (C=O) groups excluding carboxylic acids is 2. The number of likely N-dealkylation sites (tertiary alicyclic amines) is 3. The molecule has 72 heavy (non-hydrogen) atoms. The van der Waals surface area contributed by atoms with Crippen molar-refractivity contribution in [3.63, 3.8) is 0 Å². The molecule has 4 N–H and O–H groups in total. The van der Waals surface area contributed by atoms with Gasteiger partial charge in [0.25, 0.3) is 5.91 Å². The van der Waals surface area contributed by atoms with Crippen LogP contribution in [0.15, 0.2) is 48.8 Å². The number of thiophene rings is 1. The predicted octanol–water partition coefficient (Wildman–Crippen LogP) is 5.74. The zero-order valence-corrected chi connectivity index (χ0v) is 42.7. The first kappa shape index (κ1) is 48.8. The number of anilines is 2. The number of nitrogens with zero attached hydrogens (tertiary/aromatic N) is 11. The fourth-order valence-corrected chi connectivity index (χ4v) is 13.3. The van der Waals surface area contributed by atoms with Crippen molar-refractivity contribution in [1.82, 2.24) is 49.3 Å². The molecule has 382 valence electrons. The van der Waals surface area contributed by atoms with Crippen LogP contribution in [0, 0.1) is 5.92 Å². The number of piperidine rings is 3. The van der Waals surface area contributed by atoms with Crippen LogP contribution in [0.3, 0.4) is 0 Å². The first-order valence-corrected chi connectivity index (χ1v) is 27.2. The van der Waals surface area contributed by atoms with E-state index in [1.165, 1.54) is 34.9 Å². The van der Waals surface area contributed by atoms with Gasteiger partial charge in [0.1, 0.15) is 11.5 Å². The summed E-state index contributed by atoms with van der Waals surface area (Å²) in [6.07, 6.45) is 9.65. The van der Waals surface area contributed by atoms with E-state index in [-0.39, 0.29) is 40.8 Å². The number of hydrogen-bond acceptors (Lipinski definition) is 16. The van der Waals surface area contributed by atoms with Crippen LogP contribution >= 0.6 is 11.3 Å². The van der Waals surface area contributed by atoms with E-state index in [4.69, 9.17) is 20.4 Å². The van der Waals surface area contributed by atoms with Gasteiger partial charge in [0, 0.05) is 120 Å². The molecule has 3 aromatic heterocycles. The molecule has 0 spiro atoms. The number of fused-ring (bicyclic) bond motifs is 2. The molecule has 5 saturated heterocycles. The van der Waals surface area contributed by atoms with E-state index in [1.807, 2.05) is 13.8 Å². The third-order valence-corrected chi connectivity index (χ3v) is 17.5. The molecule has 0 unspecified atom stereocenters. The van der Waals surface area contributed by atoms with Gasteiger partial charge in [0.2, 0.25) is 11.9 Å². The number of aromatic hydroxyl groups is 2. The second-order valence-corrected chi connectivity index (χ2v) is 22.4. The Morgan fingerprint density at radius 1 is 0.722 bits per heavy atom. The number of morpholine rings is 1. The van der Waals surface area contributed by atoms with Crippen LogP contribution in [0.1, 0.15) is 95.8 Å². The van der Waals surface area contributed by atoms with Gasteiger partial charge in [0.05, 0.1) is 34.6 Å². The molecule has 0 aliphatic carbocycles. The summed E-state index contributed by atoms with van der Waals surface area (Å²) in [5, 5.41) is 20.8. The predicted molar refractivity (Wildman–Crippen MR) is 279 cm³/mol. The summed E-state index contributed by atoms with van der Waals surface area (Å²) < 4.78 is 6.74. The average molecular weight is 999 g/mol. The monoisotopic (exact) mass is 999 g/mol. The maximum atomic E-state index is 13.9. The number of aromatic nitrogens is 4. The number of nitrogens with two attached hydrogens (primary N) is 1. The third kappa shape index (κ3) is 10.5. The lowest BCUT2D eigenvalue weighted by Gasteiger charge is -2.46. The molecule has 17 nitrogen and oxygen atoms in total. The van der Waals surface area contributed by atoms with Crippen LogP contribution in [-0.4, -0.2) is 175 Å². The standard InChI is InChI=1S/C54H70N12O5S/c1-35(2)44-27-45(48(68)28-47(44)67)53(70)66-32-38-4-3-36(25-39(38)33-66)31-60-13-7-41(8-14-60)62-17-19-63(20-18-62)42-9-15-65(16-10-42)52(69)37-5-11-61(12-6-37)34-43-26-46-49(72-43)51(64-21-23-71-24-22-64)59-50(58-46)40-29-56-54(55)57-30-40/h3-4,25-30,35,37,41-42,67-68H,5-24,31-34H2,1-2H3,(H2,55,56,57). The van der Waals surface area contributed by atoms with Crippen molar-refractivity contribution in [3.05, 3.63) is 81.5 Å². The average Bonchev–Trinajstić information content (AvgIpc) is 4.03. The Kier molecular flexibility index (Phi) is 14.3. The van der Waals surface area contributed by atoms with E-state index in [1.54, 1.807) is 34.7 Å². The SMILES string of the molecule is CC(C)c1cc(C(=O)N2Cc3ccc(CN4CCC(N5CCN(C6CCN(C(=O)C7CCN(Cc8cc9nc(-c%10cnc(N)nc%10)nc(N%10CCOCC%10)c9s8)CC7)CC6)CC5)CC4)cc3C2)c(O)cc1O. The maximum Gasteiger partial charge on any atom is 0.258 e. The maximum absolute atomic E-state index is 13.9. The number of rotatable bonds is 11. The lowest BCUT2D eigenvalue weighted by atomic mass is 9.93. The van der Waals surface area contributed by atoms with Gasteiger partial charge in [-0.05, 0) is 105 Å². The number of phenols is 2. The molecule has 6 aliphatic heterocycles. The van der Waals surface area contributed by atoms with Crippen molar-refractivity contribution < 1.29 is 24.5 Å². The molecule has 9 heterocycles. The van der Waals surface area contributed by atoms with Crippen molar-refractivity contribution in [1.29, 1.82) is 0 Å². The zero-order valence-electron chi connectivity index (χ0n) is 41.9. The quantitative estimate of drug-likeness (QED) is 0.146. The second-order valence-electron chi connectivity index (χ2n) is 21.3. The molecular weight excluding hydrogens is 929 g/mol. The Balaban J connectivity index is 0.601. The summed E-state index contributed by atoms with van der Waals surface area (Å²) in [6.45, 7) is 19.8. The summed E-state index contributed by atoms with van der Waals surface area (Å²) in [5.74, 6) is 1.86. The number of hydrogen-bond donors (Lipinski definition) is 3. The van der Waals surface area contributed by atoms with Crippen LogP contribution in [0.4, 0.5) is 11.8 Å². The minimum Gasteiger partial charge on any atom is -0.508 e. The molecule has 0 atom stereocenters. The molecular formula is C54H70N12O5S. The first-order valence-electron chi connectivity index (χ1n) is 26.4. The number of phenolic OH excluding ortho intramolecular Hbond substituents is 2. The lowest BCUT2D eigenvalue weighted by Crippen LogP contribution is -2.57. The van der Waals surface area contributed by atoms with Gasteiger partial charge in [0.15, 0.2) is 11.6 Å². The van der Waals surface area contributed by atoms with E-state index in [0.717, 1.165) is 144 Å². The van der Waals surface area contributed by atoms with Gasteiger partial charge in [-0.2, -0.15) is 0 Å². The Morgan fingerprint density at radius 3 is 2.04 bits per heavy atom. The normalized spacial score (nSPS) is 20.8. The topological polar surface area (TPSA) is 184 Å². The Labute approximate surface area is 426 Å². The summed E-state index contributed by atoms with van der Waals surface area (Å²) in [7, 11) is 0. The lowest BCUT2D eigenvalue weighted by molar-refractivity contribution is -0.138. The second kappa shape index (κ2) is 21.2. The number of carbonyl (C=O) groups is 2. The molecule has 2 aromatic carbocycles. The molecule has 5 aromatic rings. The fraction of sp³-hybridized carbons (Fsp3) is 0.556. The van der Waals surface area contributed by atoms with Gasteiger partial charge in [-0.3, -0.25) is 29.2 Å². The van der Waals surface area contributed by atoms with E-state index in [2.05, 4.69) is 63.6 Å². The minimum absolute atomic E-state index is 0.0159. The van der Waals surface area contributed by atoms with Crippen LogP contribution in [0.25, 0.3) is 21.6 Å². The summed E-state index contributed by atoms with van der Waals surface area (Å²) in [5.41, 5.74) is 11.9. The summed E-state index contributed by atoms with van der Waals surface area (Å²) >= 11 is 1.77. The Bertz CT molecular complexity index is 2730. The van der Waals surface area contributed by atoms with Crippen LogP contribution in [0.5, 0.6) is 11.5 Å². The molecule has 0 radical (unpaired) electrons. The number of benzene rings is 2. The van der Waals surface area contributed by atoms with Crippen LogP contribution < -0.4 is 10.6 Å². The highest BCUT2D eigenvalue weighted by molar-refractivity contribution is 7.19. The third-order valence-electron chi connectivity index (χ3n) is 16.4. The van der Waals surface area contributed by atoms with Gasteiger partial charge < -0.3 is 35.4 Å². The van der Waals surface area contributed by atoms with Crippen molar-refractivity contribution in [2.75, 3.05) is 102 Å². The highest BCUT2D eigenvalue weighted by Gasteiger charge is 2.36. The fourth-order valence-electron chi connectivity index (χ4n) is 12.1. The Hall–Kier alpha value is -5.50. The van der Waals surface area contributed by atoms with Crippen LogP contribution in [0.2, 0.25) is 0 Å². The van der Waals surface area contributed by atoms with Crippen molar-refractivity contribution in [3.8, 4) is 22.9 Å².